The molecule has 3 aliphatic rings. The Kier molecular flexibility index (Phi) is 6.09. The average Bonchev–Trinajstić information content (AvgIpc) is 3.65. The van der Waals surface area contributed by atoms with Gasteiger partial charge in [0.2, 0.25) is 0 Å². The monoisotopic (exact) mass is 458 g/mol. The predicted molar refractivity (Wildman–Crippen MR) is 107 cm³/mol. The molecule has 3 atom stereocenters. The fourth-order valence-corrected chi connectivity index (χ4v) is 4.41. The fraction of sp³-hybridized carbons (Fsp3) is 0.619. The molecule has 4 rings (SSSR count). The number of likely N-dealkylation sites (tertiary alicyclic amines) is 1. The Morgan fingerprint density at radius 1 is 1.19 bits per heavy atom. The summed E-state index contributed by atoms with van der Waals surface area (Å²) in [7, 11) is 1.60. The standard InChI is InChI=1S/C21H26F4N4O3/c1-26-19(30)29(13-5-6-13)14-3-2-8-28(11-14)20(31)27-17-10-15(17)12-4-7-18(16(22)9-12)32-21(23,24)25/h4,7,9,13-15,17H,2-3,5-6,8,10-11H2,1H3,(H,26,30)(H,27,31)/t14-,15-,17+/m1/s1. The number of piperidine rings is 1. The molecule has 0 spiro atoms. The second-order valence-corrected chi connectivity index (χ2v) is 8.57. The molecule has 4 amide bonds. The maximum atomic E-state index is 14.0. The lowest BCUT2D eigenvalue weighted by Gasteiger charge is -2.39. The van der Waals surface area contributed by atoms with Gasteiger partial charge < -0.3 is 25.2 Å². The van der Waals surface area contributed by atoms with E-state index in [1.165, 1.54) is 6.07 Å². The van der Waals surface area contributed by atoms with Crippen LogP contribution in [0.3, 0.4) is 0 Å². The van der Waals surface area contributed by atoms with Gasteiger partial charge in [-0.3, -0.25) is 0 Å². The Hall–Kier alpha value is -2.72. The summed E-state index contributed by atoms with van der Waals surface area (Å²) in [4.78, 5) is 28.6. The van der Waals surface area contributed by atoms with Crippen molar-refractivity contribution < 1.29 is 31.9 Å². The summed E-state index contributed by atoms with van der Waals surface area (Å²) in [5, 5.41) is 5.61. The summed E-state index contributed by atoms with van der Waals surface area (Å²) in [6, 6.07) is 2.97. The zero-order valence-corrected chi connectivity index (χ0v) is 17.6. The van der Waals surface area contributed by atoms with Gasteiger partial charge in [0.15, 0.2) is 11.6 Å². The number of amides is 4. The Bertz CT molecular complexity index is 877. The van der Waals surface area contributed by atoms with Gasteiger partial charge in [-0.05, 0) is 49.8 Å². The van der Waals surface area contributed by atoms with E-state index in [2.05, 4.69) is 15.4 Å². The number of nitrogens with zero attached hydrogens (tertiary/aromatic N) is 2. The van der Waals surface area contributed by atoms with Crippen molar-refractivity contribution in [1.29, 1.82) is 0 Å². The largest absolute Gasteiger partial charge is 0.573 e. The summed E-state index contributed by atoms with van der Waals surface area (Å²) in [6.45, 7) is 1.04. The van der Waals surface area contributed by atoms with Crippen LogP contribution in [0.25, 0.3) is 0 Å². The first kappa shape index (κ1) is 22.5. The molecule has 1 heterocycles. The van der Waals surface area contributed by atoms with Crippen molar-refractivity contribution in [3.8, 4) is 5.75 Å². The highest BCUT2D eigenvalue weighted by molar-refractivity contribution is 5.77. The fourth-order valence-electron chi connectivity index (χ4n) is 4.41. The number of rotatable bonds is 5. The number of hydrogen-bond acceptors (Lipinski definition) is 3. The normalized spacial score (nSPS) is 25.2. The van der Waals surface area contributed by atoms with Crippen molar-refractivity contribution in [3.63, 3.8) is 0 Å². The van der Waals surface area contributed by atoms with E-state index < -0.39 is 17.9 Å². The minimum atomic E-state index is -4.96. The lowest BCUT2D eigenvalue weighted by Crippen LogP contribution is -2.56. The predicted octanol–water partition coefficient (Wildman–Crippen LogP) is 3.56. The quantitative estimate of drug-likeness (QED) is 0.663. The van der Waals surface area contributed by atoms with E-state index in [4.69, 9.17) is 0 Å². The molecule has 1 aromatic rings. The van der Waals surface area contributed by atoms with Crippen molar-refractivity contribution >= 4 is 12.1 Å². The molecule has 2 aliphatic carbocycles. The van der Waals surface area contributed by atoms with E-state index >= 15 is 0 Å². The van der Waals surface area contributed by atoms with Gasteiger partial charge in [-0.15, -0.1) is 13.2 Å². The Balaban J connectivity index is 1.32. The molecule has 1 saturated heterocycles. The zero-order valence-electron chi connectivity index (χ0n) is 17.6. The van der Waals surface area contributed by atoms with Crippen LogP contribution in [-0.2, 0) is 0 Å². The first-order valence-electron chi connectivity index (χ1n) is 10.8. The van der Waals surface area contributed by atoms with Crippen LogP contribution in [0.15, 0.2) is 18.2 Å². The van der Waals surface area contributed by atoms with Gasteiger partial charge in [0.05, 0.1) is 6.04 Å². The molecule has 11 heteroatoms. The highest BCUT2D eigenvalue weighted by Gasteiger charge is 2.43. The molecule has 2 N–H and O–H groups in total. The number of urea groups is 2. The number of hydrogen-bond donors (Lipinski definition) is 2. The number of nitrogens with one attached hydrogen (secondary N) is 2. The summed E-state index contributed by atoms with van der Waals surface area (Å²) in [5.74, 6) is -2.13. The average molecular weight is 458 g/mol. The van der Waals surface area contributed by atoms with Crippen molar-refractivity contribution in [2.45, 2.75) is 62.5 Å². The molecular weight excluding hydrogens is 432 g/mol. The smallest absolute Gasteiger partial charge is 0.403 e. The van der Waals surface area contributed by atoms with Gasteiger partial charge in [-0.2, -0.15) is 0 Å². The molecule has 1 aromatic carbocycles. The summed E-state index contributed by atoms with van der Waals surface area (Å²) in [5.41, 5.74) is 0.512. The highest BCUT2D eigenvalue weighted by atomic mass is 19.4. The molecule has 176 valence electrons. The van der Waals surface area contributed by atoms with Gasteiger partial charge in [0.25, 0.3) is 0 Å². The number of ether oxygens (including phenoxy) is 1. The zero-order chi connectivity index (χ0) is 23.0. The Morgan fingerprint density at radius 2 is 1.94 bits per heavy atom. The van der Waals surface area contributed by atoms with Gasteiger partial charge in [0.1, 0.15) is 0 Å². The number of carbonyl (C=O) groups excluding carboxylic acids is 2. The van der Waals surface area contributed by atoms with Gasteiger partial charge in [-0.1, -0.05) is 6.07 Å². The Labute approximate surface area is 183 Å². The Morgan fingerprint density at radius 3 is 2.56 bits per heavy atom. The molecule has 3 fully saturated rings. The van der Waals surface area contributed by atoms with E-state index in [0.717, 1.165) is 37.8 Å². The van der Waals surface area contributed by atoms with E-state index in [1.807, 2.05) is 4.90 Å². The first-order chi connectivity index (χ1) is 15.2. The maximum absolute atomic E-state index is 14.0. The van der Waals surface area contributed by atoms with E-state index in [9.17, 15) is 27.2 Å². The topological polar surface area (TPSA) is 73.9 Å². The third kappa shape index (κ3) is 5.18. The lowest BCUT2D eigenvalue weighted by molar-refractivity contribution is -0.275. The van der Waals surface area contributed by atoms with Crippen LogP contribution in [0.2, 0.25) is 0 Å². The van der Waals surface area contributed by atoms with Gasteiger partial charge in [0, 0.05) is 38.1 Å². The van der Waals surface area contributed by atoms with Gasteiger partial charge >= 0.3 is 18.4 Å². The highest BCUT2D eigenvalue weighted by Crippen LogP contribution is 2.42. The van der Waals surface area contributed by atoms with Crippen LogP contribution in [-0.4, -0.2) is 66.5 Å². The number of alkyl halides is 3. The molecule has 2 saturated carbocycles. The van der Waals surface area contributed by atoms with Crippen molar-refractivity contribution in [2.24, 2.45) is 0 Å². The van der Waals surface area contributed by atoms with E-state index in [-0.39, 0.29) is 36.1 Å². The van der Waals surface area contributed by atoms with E-state index in [1.54, 1.807) is 11.9 Å². The second-order valence-electron chi connectivity index (χ2n) is 8.57. The molecule has 0 bridgehead atoms. The van der Waals surface area contributed by atoms with Crippen LogP contribution in [0.4, 0.5) is 27.2 Å². The molecule has 0 unspecified atom stereocenters. The number of benzene rings is 1. The summed E-state index contributed by atoms with van der Waals surface area (Å²) in [6.07, 6.45) is -0.803. The van der Waals surface area contributed by atoms with E-state index in [0.29, 0.717) is 25.1 Å². The third-order valence-electron chi connectivity index (χ3n) is 6.17. The second kappa shape index (κ2) is 8.67. The van der Waals surface area contributed by atoms with Crippen molar-refractivity contribution in [3.05, 3.63) is 29.6 Å². The molecule has 0 aromatic heterocycles. The lowest BCUT2D eigenvalue weighted by atomic mass is 10.0. The maximum Gasteiger partial charge on any atom is 0.573 e. The van der Waals surface area contributed by atoms with Crippen LogP contribution in [0, 0.1) is 5.82 Å². The minimum Gasteiger partial charge on any atom is -0.403 e. The molecule has 0 radical (unpaired) electrons. The SMILES string of the molecule is CNC(=O)N(C1CC1)[C@@H]1CCCN(C(=O)N[C@H]2C[C@@H]2c2ccc(OC(F)(F)F)c(F)c2)C1. The van der Waals surface area contributed by atoms with Gasteiger partial charge in [-0.25, -0.2) is 14.0 Å². The number of carbonyl (C=O) groups is 2. The van der Waals surface area contributed by atoms with Crippen LogP contribution >= 0.6 is 0 Å². The van der Waals surface area contributed by atoms with Crippen LogP contribution < -0.4 is 15.4 Å². The van der Waals surface area contributed by atoms with Crippen molar-refractivity contribution in [2.75, 3.05) is 20.1 Å². The third-order valence-corrected chi connectivity index (χ3v) is 6.17. The van der Waals surface area contributed by atoms with Crippen molar-refractivity contribution in [1.82, 2.24) is 20.4 Å². The minimum absolute atomic E-state index is 0.0350. The molecule has 7 nitrogen and oxygen atoms in total. The molecular formula is C21H26F4N4O3. The summed E-state index contributed by atoms with van der Waals surface area (Å²) >= 11 is 0. The summed E-state index contributed by atoms with van der Waals surface area (Å²) < 4.78 is 54.5. The molecule has 32 heavy (non-hydrogen) atoms. The van der Waals surface area contributed by atoms with Crippen LogP contribution in [0.1, 0.15) is 43.6 Å². The number of halogens is 4. The first-order valence-corrected chi connectivity index (χ1v) is 10.8. The van der Waals surface area contributed by atoms with Crippen LogP contribution in [0.5, 0.6) is 5.75 Å². The molecule has 1 aliphatic heterocycles.